The smallest absolute Gasteiger partial charge is 0.282 e. The molecule has 0 aliphatic heterocycles. The summed E-state index contributed by atoms with van der Waals surface area (Å²) in [6.45, 7) is 0. The molecule has 0 bridgehead atoms. The van der Waals surface area contributed by atoms with Gasteiger partial charge in [0, 0.05) is 14.7 Å². The highest BCUT2D eigenvalue weighted by molar-refractivity contribution is 8.76. The molecule has 118 valence electrons. The van der Waals surface area contributed by atoms with Gasteiger partial charge in [-0.1, -0.05) is 26.6 Å². The fourth-order valence-corrected chi connectivity index (χ4v) is 4.14. The first kappa shape index (κ1) is 17.6. The molecule has 0 aliphatic carbocycles. The molecule has 0 aromatic heterocycles. The van der Waals surface area contributed by atoms with Crippen molar-refractivity contribution in [2.75, 3.05) is 0 Å². The molecular weight excluding hydrogens is 368 g/mol. The lowest BCUT2D eigenvalue weighted by Gasteiger charge is -2.03. The Hall–Kier alpha value is -0.720. The molecule has 2 aromatic rings. The lowest BCUT2D eigenvalue weighted by Crippen LogP contribution is -1.96. The van der Waals surface area contributed by atoms with Gasteiger partial charge in [0.15, 0.2) is 0 Å². The SMILES string of the molecule is O=S(=O)(O)c1ccc(SSc2ccc(SOOO)cc2)cc1. The molecule has 2 rings (SSSR count). The van der Waals surface area contributed by atoms with Crippen LogP contribution in [-0.4, -0.2) is 18.2 Å². The minimum absolute atomic E-state index is 0.130. The molecule has 2 aromatic carbocycles. The van der Waals surface area contributed by atoms with Crippen LogP contribution < -0.4 is 0 Å². The summed E-state index contributed by atoms with van der Waals surface area (Å²) in [5.41, 5.74) is 0. The van der Waals surface area contributed by atoms with Gasteiger partial charge in [-0.15, -0.1) is 4.33 Å². The van der Waals surface area contributed by atoms with E-state index in [1.807, 2.05) is 12.1 Å². The Morgan fingerprint density at radius 2 is 1.27 bits per heavy atom. The van der Waals surface area contributed by atoms with Crippen LogP contribution in [0.4, 0.5) is 0 Å². The topological polar surface area (TPSA) is 93.1 Å². The maximum atomic E-state index is 10.9. The van der Waals surface area contributed by atoms with Crippen molar-refractivity contribution in [3.8, 4) is 0 Å². The first-order valence-corrected chi connectivity index (χ1v) is 9.99. The van der Waals surface area contributed by atoms with Gasteiger partial charge in [-0.25, -0.2) is 5.26 Å². The van der Waals surface area contributed by atoms with E-state index in [4.69, 9.17) is 9.81 Å². The van der Waals surface area contributed by atoms with E-state index in [1.165, 1.54) is 33.7 Å². The van der Waals surface area contributed by atoms with Crippen LogP contribution in [0, 0.1) is 0 Å². The molecule has 0 fully saturated rings. The van der Waals surface area contributed by atoms with E-state index < -0.39 is 10.1 Å². The van der Waals surface area contributed by atoms with Crippen LogP contribution in [0.1, 0.15) is 0 Å². The summed E-state index contributed by atoms with van der Waals surface area (Å²) >= 11 is 0.879. The Morgan fingerprint density at radius 3 is 1.73 bits per heavy atom. The van der Waals surface area contributed by atoms with Crippen LogP contribution in [-0.2, 0) is 19.5 Å². The summed E-state index contributed by atoms with van der Waals surface area (Å²) in [6, 6.07) is 13.3. The highest BCUT2D eigenvalue weighted by atomic mass is 33.1. The van der Waals surface area contributed by atoms with Crippen LogP contribution in [0.5, 0.6) is 0 Å². The highest BCUT2D eigenvalue weighted by Gasteiger charge is 2.08. The van der Waals surface area contributed by atoms with Crippen molar-refractivity contribution >= 4 is 43.7 Å². The second kappa shape index (κ2) is 8.22. The fourth-order valence-electron chi connectivity index (χ4n) is 1.37. The molecule has 0 saturated carbocycles. The number of hydrogen-bond donors (Lipinski definition) is 2. The third-order valence-corrected chi connectivity index (χ3v) is 6.22. The van der Waals surface area contributed by atoms with Crippen LogP contribution in [0.25, 0.3) is 0 Å². The van der Waals surface area contributed by atoms with Gasteiger partial charge in [0.2, 0.25) is 0 Å². The van der Waals surface area contributed by atoms with Gasteiger partial charge >= 0.3 is 0 Å². The Labute approximate surface area is 139 Å². The Balaban J connectivity index is 1.92. The van der Waals surface area contributed by atoms with Crippen molar-refractivity contribution in [1.82, 2.24) is 0 Å². The molecule has 0 amide bonds. The quantitative estimate of drug-likeness (QED) is 0.242. The number of hydrogen-bond acceptors (Lipinski definition) is 8. The van der Waals surface area contributed by atoms with Gasteiger partial charge < -0.3 is 0 Å². The largest absolute Gasteiger partial charge is 0.294 e. The third kappa shape index (κ3) is 5.48. The lowest BCUT2D eigenvalue weighted by atomic mass is 10.4. The summed E-state index contributed by atoms with van der Waals surface area (Å²) < 4.78 is 35.1. The van der Waals surface area contributed by atoms with Gasteiger partial charge in [0.25, 0.3) is 10.1 Å². The van der Waals surface area contributed by atoms with E-state index in [0.29, 0.717) is 0 Å². The van der Waals surface area contributed by atoms with Gasteiger partial charge in [-0.3, -0.25) is 4.55 Å². The lowest BCUT2D eigenvalue weighted by molar-refractivity contribution is -0.432. The summed E-state index contributed by atoms with van der Waals surface area (Å²) in [7, 11) is -1.21. The van der Waals surface area contributed by atoms with E-state index in [2.05, 4.69) is 9.37 Å². The summed E-state index contributed by atoms with van der Waals surface area (Å²) in [5, 5.41) is 11.6. The van der Waals surface area contributed by atoms with E-state index in [9.17, 15) is 8.42 Å². The van der Waals surface area contributed by atoms with Crippen molar-refractivity contribution in [3.05, 3.63) is 48.5 Å². The van der Waals surface area contributed by atoms with Gasteiger partial charge in [-0.05, 0) is 48.5 Å². The molecule has 0 saturated heterocycles. The summed E-state index contributed by atoms with van der Waals surface area (Å²) in [6.07, 6.45) is 0. The zero-order chi connectivity index (χ0) is 16.0. The second-order valence-corrected chi connectivity index (χ2v) is 8.28. The van der Waals surface area contributed by atoms with Crippen LogP contribution in [0.15, 0.2) is 68.1 Å². The highest BCUT2D eigenvalue weighted by Crippen LogP contribution is 2.38. The Bertz CT molecular complexity index is 699. The van der Waals surface area contributed by atoms with Crippen LogP contribution in [0.3, 0.4) is 0 Å². The van der Waals surface area contributed by atoms with Crippen LogP contribution in [0.2, 0.25) is 0 Å². The molecule has 0 radical (unpaired) electrons. The van der Waals surface area contributed by atoms with Crippen molar-refractivity contribution in [2.24, 2.45) is 0 Å². The maximum absolute atomic E-state index is 10.9. The maximum Gasteiger partial charge on any atom is 0.294 e. The van der Waals surface area contributed by atoms with Crippen molar-refractivity contribution < 1.29 is 27.6 Å². The Kier molecular flexibility index (Phi) is 6.59. The first-order chi connectivity index (χ1) is 10.5. The summed E-state index contributed by atoms with van der Waals surface area (Å²) in [5.74, 6) is 0. The third-order valence-electron chi connectivity index (χ3n) is 2.34. The van der Waals surface area contributed by atoms with E-state index >= 15 is 0 Å². The minimum Gasteiger partial charge on any atom is -0.282 e. The van der Waals surface area contributed by atoms with Gasteiger partial charge in [-0.2, -0.15) is 8.42 Å². The fraction of sp³-hybridized carbons (Fsp3) is 0. The molecule has 0 unspecified atom stereocenters. The molecule has 0 aliphatic rings. The molecule has 2 N–H and O–H groups in total. The van der Waals surface area contributed by atoms with Crippen molar-refractivity contribution in [2.45, 2.75) is 19.6 Å². The average molecular weight is 378 g/mol. The van der Waals surface area contributed by atoms with E-state index in [1.54, 1.807) is 24.3 Å². The number of benzene rings is 2. The van der Waals surface area contributed by atoms with Gasteiger partial charge in [0.1, 0.15) is 0 Å². The van der Waals surface area contributed by atoms with Crippen molar-refractivity contribution in [3.63, 3.8) is 0 Å². The monoisotopic (exact) mass is 378 g/mol. The minimum atomic E-state index is -4.16. The molecule has 0 atom stereocenters. The molecule has 0 spiro atoms. The van der Waals surface area contributed by atoms with Gasteiger partial charge in [0.05, 0.1) is 16.9 Å². The predicted octanol–water partition coefficient (Wildman–Crippen LogP) is 4.16. The molecular formula is C12H10O6S4. The summed E-state index contributed by atoms with van der Waals surface area (Å²) in [4.78, 5) is 2.47. The average Bonchev–Trinajstić information content (AvgIpc) is 2.51. The normalized spacial score (nSPS) is 11.5. The zero-order valence-corrected chi connectivity index (χ0v) is 14.0. The molecule has 22 heavy (non-hydrogen) atoms. The first-order valence-electron chi connectivity index (χ1n) is 5.66. The standard InChI is InChI=1S/C12H10O6S4/c13-17-18-19-9-1-3-10(4-2-9)20-21-11-5-7-12(8-6-11)22(14,15)16/h1-8,13H,(H,14,15,16). The van der Waals surface area contributed by atoms with E-state index in [-0.39, 0.29) is 4.90 Å². The molecule has 0 heterocycles. The van der Waals surface area contributed by atoms with Crippen molar-refractivity contribution in [1.29, 1.82) is 0 Å². The molecule has 10 heteroatoms. The molecule has 6 nitrogen and oxygen atoms in total. The number of rotatable bonds is 7. The van der Waals surface area contributed by atoms with E-state index in [0.717, 1.165) is 26.7 Å². The predicted molar refractivity (Wildman–Crippen MR) is 85.1 cm³/mol. The second-order valence-electron chi connectivity index (χ2n) is 3.81. The van der Waals surface area contributed by atoms with Crippen LogP contribution >= 0.6 is 33.6 Å². The Morgan fingerprint density at radius 1 is 0.818 bits per heavy atom. The zero-order valence-electron chi connectivity index (χ0n) is 10.8.